The lowest BCUT2D eigenvalue weighted by Gasteiger charge is -2.33. The molecular formula is C20H27N3O2. The summed E-state index contributed by atoms with van der Waals surface area (Å²) in [6, 6.07) is 14.8. The van der Waals surface area contributed by atoms with Crippen LogP contribution in [0.25, 0.3) is 0 Å². The first-order valence-corrected chi connectivity index (χ1v) is 8.63. The molecule has 2 heterocycles. The number of likely N-dealkylation sites (tertiary alicyclic amines) is 1. The standard InChI is InChI=1S/C18H23N3O.C2H4O/c1-20(16-8-5-10-19-12-16)18(15-6-3-2-4-7-15)14-21-11-9-17(22)13-21;1-2-3/h2-8,10,12,17-18,22H,9,11,13-14H2,1H3;2H,1H3. The highest BCUT2D eigenvalue weighted by Gasteiger charge is 2.26. The number of pyridine rings is 1. The van der Waals surface area contributed by atoms with Crippen molar-refractivity contribution in [3.05, 3.63) is 60.4 Å². The number of β-amino-alcohol motifs (C(OH)–C–C–N with tert-alkyl or cyclic N) is 1. The average Bonchev–Trinajstić information content (AvgIpc) is 3.06. The number of aliphatic hydroxyl groups is 1. The first kappa shape index (κ1) is 19.1. The van der Waals surface area contributed by atoms with Gasteiger partial charge in [0, 0.05) is 32.9 Å². The number of hydrogen-bond acceptors (Lipinski definition) is 5. The van der Waals surface area contributed by atoms with E-state index >= 15 is 0 Å². The third kappa shape index (κ3) is 5.66. The van der Waals surface area contributed by atoms with Gasteiger partial charge in [-0.1, -0.05) is 30.3 Å². The Hall–Kier alpha value is -2.24. The van der Waals surface area contributed by atoms with Crippen molar-refractivity contribution >= 4 is 12.0 Å². The van der Waals surface area contributed by atoms with Crippen LogP contribution in [-0.2, 0) is 4.79 Å². The highest BCUT2D eigenvalue weighted by molar-refractivity contribution is 5.46. The first-order chi connectivity index (χ1) is 12.2. The van der Waals surface area contributed by atoms with E-state index < -0.39 is 0 Å². The van der Waals surface area contributed by atoms with E-state index in [-0.39, 0.29) is 12.1 Å². The third-order valence-electron chi connectivity index (χ3n) is 4.38. The molecule has 0 radical (unpaired) electrons. The molecule has 1 aliphatic rings. The van der Waals surface area contributed by atoms with E-state index in [4.69, 9.17) is 4.79 Å². The van der Waals surface area contributed by atoms with Gasteiger partial charge in [-0.25, -0.2) is 0 Å². The molecule has 1 aromatic heterocycles. The molecule has 25 heavy (non-hydrogen) atoms. The highest BCUT2D eigenvalue weighted by Crippen LogP contribution is 2.27. The number of nitrogens with zero attached hydrogens (tertiary/aromatic N) is 3. The number of carbonyl (C=O) groups excluding carboxylic acids is 1. The number of likely N-dealkylation sites (N-methyl/N-ethyl adjacent to an activating group) is 1. The number of aliphatic hydroxyl groups excluding tert-OH is 1. The molecule has 0 amide bonds. The number of benzene rings is 1. The molecule has 0 saturated carbocycles. The van der Waals surface area contributed by atoms with E-state index in [9.17, 15) is 5.11 Å². The molecule has 5 heteroatoms. The van der Waals surface area contributed by atoms with Gasteiger partial charge in [0.05, 0.1) is 24.0 Å². The molecule has 2 unspecified atom stereocenters. The predicted molar refractivity (Wildman–Crippen MR) is 101 cm³/mol. The molecule has 1 aliphatic heterocycles. The van der Waals surface area contributed by atoms with Crippen LogP contribution < -0.4 is 4.90 Å². The Balaban J connectivity index is 0.000000701. The quantitative estimate of drug-likeness (QED) is 0.847. The van der Waals surface area contributed by atoms with Crippen LogP contribution in [0.3, 0.4) is 0 Å². The predicted octanol–water partition coefficient (Wildman–Crippen LogP) is 2.53. The van der Waals surface area contributed by atoms with Crippen LogP contribution in [0.2, 0.25) is 0 Å². The lowest BCUT2D eigenvalue weighted by Crippen LogP contribution is -2.36. The lowest BCUT2D eigenvalue weighted by atomic mass is 10.0. The monoisotopic (exact) mass is 341 g/mol. The summed E-state index contributed by atoms with van der Waals surface area (Å²) in [7, 11) is 2.11. The van der Waals surface area contributed by atoms with Gasteiger partial charge in [0.15, 0.2) is 0 Å². The minimum Gasteiger partial charge on any atom is -0.392 e. The van der Waals surface area contributed by atoms with Crippen molar-refractivity contribution in [1.29, 1.82) is 0 Å². The fourth-order valence-electron chi connectivity index (χ4n) is 3.09. The molecule has 3 rings (SSSR count). The zero-order valence-electron chi connectivity index (χ0n) is 15.0. The number of rotatable bonds is 5. The molecule has 1 saturated heterocycles. The van der Waals surface area contributed by atoms with E-state index in [0.717, 1.165) is 38.0 Å². The number of hydrogen-bond donors (Lipinski definition) is 1. The van der Waals surface area contributed by atoms with Gasteiger partial charge in [-0.05, 0) is 31.0 Å². The van der Waals surface area contributed by atoms with Gasteiger partial charge < -0.3 is 14.8 Å². The van der Waals surface area contributed by atoms with Gasteiger partial charge in [0.1, 0.15) is 6.29 Å². The van der Waals surface area contributed by atoms with Crippen molar-refractivity contribution in [3.8, 4) is 0 Å². The summed E-state index contributed by atoms with van der Waals surface area (Å²) >= 11 is 0. The largest absolute Gasteiger partial charge is 0.392 e. The van der Waals surface area contributed by atoms with Crippen molar-refractivity contribution in [2.75, 3.05) is 31.6 Å². The molecule has 0 aliphatic carbocycles. The van der Waals surface area contributed by atoms with Crippen LogP contribution in [0.1, 0.15) is 24.9 Å². The Labute approximate surface area is 149 Å². The molecule has 1 aromatic carbocycles. The smallest absolute Gasteiger partial charge is 0.116 e. The van der Waals surface area contributed by atoms with Crippen molar-refractivity contribution in [3.63, 3.8) is 0 Å². The van der Waals surface area contributed by atoms with Crippen molar-refractivity contribution < 1.29 is 9.90 Å². The minimum absolute atomic E-state index is 0.180. The Morgan fingerprint density at radius 3 is 2.60 bits per heavy atom. The van der Waals surface area contributed by atoms with Crippen LogP contribution in [0.5, 0.6) is 0 Å². The van der Waals surface area contributed by atoms with E-state index in [2.05, 4.69) is 52.2 Å². The zero-order valence-corrected chi connectivity index (χ0v) is 15.0. The van der Waals surface area contributed by atoms with E-state index in [1.165, 1.54) is 12.5 Å². The molecule has 0 spiro atoms. The number of aromatic nitrogens is 1. The van der Waals surface area contributed by atoms with Crippen molar-refractivity contribution in [1.82, 2.24) is 9.88 Å². The van der Waals surface area contributed by atoms with Crippen LogP contribution in [0.4, 0.5) is 5.69 Å². The second kappa shape index (κ2) is 9.91. The van der Waals surface area contributed by atoms with Crippen molar-refractivity contribution in [2.45, 2.75) is 25.5 Å². The van der Waals surface area contributed by atoms with Gasteiger partial charge >= 0.3 is 0 Å². The molecule has 1 N–H and O–H groups in total. The summed E-state index contributed by atoms with van der Waals surface area (Å²) in [6.45, 7) is 4.09. The number of anilines is 1. The van der Waals surface area contributed by atoms with Crippen LogP contribution in [0.15, 0.2) is 54.9 Å². The fourth-order valence-corrected chi connectivity index (χ4v) is 3.09. The molecule has 1 fully saturated rings. The molecule has 5 nitrogen and oxygen atoms in total. The SMILES string of the molecule is CC=O.CN(c1cccnc1)C(CN1CCC(O)C1)c1ccccc1. The molecule has 2 atom stereocenters. The van der Waals surface area contributed by atoms with Crippen LogP contribution >= 0.6 is 0 Å². The second-order valence-electron chi connectivity index (χ2n) is 6.19. The normalized spacial score (nSPS) is 18.1. The summed E-state index contributed by atoms with van der Waals surface area (Å²) < 4.78 is 0. The maximum absolute atomic E-state index is 9.77. The molecule has 0 bridgehead atoms. The molecular weight excluding hydrogens is 314 g/mol. The number of carbonyl (C=O) groups is 1. The third-order valence-corrected chi connectivity index (χ3v) is 4.38. The Bertz CT molecular complexity index is 621. The summed E-state index contributed by atoms with van der Waals surface area (Å²) in [5, 5.41) is 9.77. The van der Waals surface area contributed by atoms with Crippen molar-refractivity contribution in [2.24, 2.45) is 0 Å². The second-order valence-corrected chi connectivity index (χ2v) is 6.19. The van der Waals surface area contributed by atoms with Gasteiger partial charge in [-0.3, -0.25) is 9.88 Å². The lowest BCUT2D eigenvalue weighted by molar-refractivity contribution is -0.106. The van der Waals surface area contributed by atoms with E-state index in [1.54, 1.807) is 6.20 Å². The van der Waals surface area contributed by atoms with Crippen LogP contribution in [0, 0.1) is 0 Å². The fraction of sp³-hybridized carbons (Fsp3) is 0.400. The Morgan fingerprint density at radius 2 is 2.04 bits per heavy atom. The highest BCUT2D eigenvalue weighted by atomic mass is 16.3. The number of aldehydes is 1. The minimum atomic E-state index is -0.180. The summed E-state index contributed by atoms with van der Waals surface area (Å²) in [4.78, 5) is 17.6. The maximum Gasteiger partial charge on any atom is 0.116 e. The summed E-state index contributed by atoms with van der Waals surface area (Å²) in [5.41, 5.74) is 2.39. The van der Waals surface area contributed by atoms with Crippen LogP contribution in [-0.4, -0.2) is 54.1 Å². The van der Waals surface area contributed by atoms with Gasteiger partial charge in [0.25, 0.3) is 0 Å². The maximum atomic E-state index is 9.77. The summed E-state index contributed by atoms with van der Waals surface area (Å²) in [6.07, 6.45) is 5.14. The van der Waals surface area contributed by atoms with E-state index in [1.807, 2.05) is 18.3 Å². The van der Waals surface area contributed by atoms with E-state index in [0.29, 0.717) is 0 Å². The molecule has 2 aromatic rings. The Kier molecular flexibility index (Phi) is 7.57. The zero-order chi connectivity index (χ0) is 18.1. The molecule has 134 valence electrons. The summed E-state index contributed by atoms with van der Waals surface area (Å²) in [5.74, 6) is 0. The van der Waals surface area contributed by atoms with Gasteiger partial charge in [-0.15, -0.1) is 0 Å². The first-order valence-electron chi connectivity index (χ1n) is 8.63. The average molecular weight is 341 g/mol. The van der Waals surface area contributed by atoms with Gasteiger partial charge in [0.2, 0.25) is 0 Å². The van der Waals surface area contributed by atoms with Gasteiger partial charge in [-0.2, -0.15) is 0 Å². The Morgan fingerprint density at radius 1 is 1.32 bits per heavy atom. The topological polar surface area (TPSA) is 56.7 Å².